The van der Waals surface area contributed by atoms with Gasteiger partial charge >= 0.3 is 0 Å². The number of allylic oxidation sites excluding steroid dienone is 2. The third kappa shape index (κ3) is 3.36. The number of fused-ring (bicyclic) bond motifs is 7. The van der Waals surface area contributed by atoms with Gasteiger partial charge in [0.1, 0.15) is 0 Å². The quantitative estimate of drug-likeness (QED) is 0.213. The van der Waals surface area contributed by atoms with E-state index in [0.717, 1.165) is 0 Å². The van der Waals surface area contributed by atoms with Crippen molar-refractivity contribution in [2.75, 3.05) is 0 Å². The second-order valence-corrected chi connectivity index (χ2v) is 11.3. The topological polar surface area (TPSA) is 0 Å². The van der Waals surface area contributed by atoms with E-state index in [1.807, 2.05) is 0 Å². The van der Waals surface area contributed by atoms with Gasteiger partial charge in [0.05, 0.1) is 0 Å². The summed E-state index contributed by atoms with van der Waals surface area (Å²) in [5.41, 5.74) is 15.7. The lowest BCUT2D eigenvalue weighted by atomic mass is 9.89. The highest BCUT2D eigenvalue weighted by Crippen LogP contribution is 2.58. The van der Waals surface area contributed by atoms with Crippen molar-refractivity contribution in [3.8, 4) is 11.1 Å². The minimum absolute atomic E-state index is 1.25. The number of hydrogen-bond donors (Lipinski definition) is 0. The fraction of sp³-hybridized carbons (Fsp3) is 0. The molecule has 0 saturated carbocycles. The summed E-state index contributed by atoms with van der Waals surface area (Å²) in [5.74, 6) is 0. The van der Waals surface area contributed by atoms with Crippen molar-refractivity contribution in [3.05, 3.63) is 191 Å². The van der Waals surface area contributed by atoms with E-state index in [1.165, 1.54) is 88.3 Å². The van der Waals surface area contributed by atoms with E-state index in [0.29, 0.717) is 0 Å². The third-order valence-corrected chi connectivity index (χ3v) is 8.98. The molecule has 0 bridgehead atoms. The molecule has 0 unspecified atom stereocenters. The molecule has 0 radical (unpaired) electrons. The molecule has 0 spiro atoms. The van der Waals surface area contributed by atoms with Gasteiger partial charge < -0.3 is 0 Å². The third-order valence-electron chi connectivity index (χ3n) is 8.98. The van der Waals surface area contributed by atoms with E-state index < -0.39 is 0 Å². The molecule has 0 N–H and O–H groups in total. The fourth-order valence-electron chi connectivity index (χ4n) is 7.13. The minimum atomic E-state index is 1.25. The number of benzene rings is 7. The Bertz CT molecular complexity index is 2270. The van der Waals surface area contributed by atoms with Crippen LogP contribution in [0.4, 0.5) is 0 Å². The lowest BCUT2D eigenvalue weighted by Gasteiger charge is -2.14. The molecule has 42 heavy (non-hydrogen) atoms. The molecule has 0 nitrogen and oxygen atoms in total. The molecule has 9 rings (SSSR count). The van der Waals surface area contributed by atoms with E-state index in [1.54, 1.807) is 0 Å². The maximum atomic E-state index is 2.38. The molecule has 7 aromatic carbocycles. The molecule has 0 fully saturated rings. The van der Waals surface area contributed by atoms with Gasteiger partial charge in [0, 0.05) is 0 Å². The molecule has 0 heterocycles. The van der Waals surface area contributed by atoms with E-state index in [2.05, 4.69) is 158 Å². The molecule has 0 heteroatoms. The fourth-order valence-corrected chi connectivity index (χ4v) is 7.13. The predicted octanol–water partition coefficient (Wildman–Crippen LogP) is 10.9. The Morgan fingerprint density at radius 3 is 1.48 bits per heavy atom. The summed E-state index contributed by atoms with van der Waals surface area (Å²) in [6, 6.07) is 57.9. The Morgan fingerprint density at radius 2 is 0.738 bits per heavy atom. The predicted molar refractivity (Wildman–Crippen MR) is 178 cm³/mol. The highest BCUT2D eigenvalue weighted by atomic mass is 14.4. The van der Waals surface area contributed by atoms with Gasteiger partial charge in [0.25, 0.3) is 0 Å². The van der Waals surface area contributed by atoms with Crippen LogP contribution >= 0.6 is 0 Å². The minimum Gasteiger partial charge on any atom is -0.0622 e. The van der Waals surface area contributed by atoms with Crippen molar-refractivity contribution in [1.82, 2.24) is 0 Å². The second-order valence-electron chi connectivity index (χ2n) is 11.3. The average Bonchev–Trinajstić information content (AvgIpc) is 3.57. The zero-order valence-electron chi connectivity index (χ0n) is 23.0. The molecule has 2 aliphatic rings. The molecule has 0 aromatic heterocycles. The van der Waals surface area contributed by atoms with Crippen LogP contribution < -0.4 is 0 Å². The highest BCUT2D eigenvalue weighted by molar-refractivity contribution is 6.36. The summed E-state index contributed by atoms with van der Waals surface area (Å²) in [6.45, 7) is 0. The van der Waals surface area contributed by atoms with Crippen LogP contribution in [0, 0.1) is 0 Å². The van der Waals surface area contributed by atoms with Crippen molar-refractivity contribution in [1.29, 1.82) is 0 Å². The maximum Gasteiger partial charge on any atom is -0.000741 e. The Balaban J connectivity index is 1.32. The molecule has 0 saturated heterocycles. The van der Waals surface area contributed by atoms with Crippen LogP contribution in [-0.4, -0.2) is 0 Å². The van der Waals surface area contributed by atoms with Crippen LogP contribution in [0.2, 0.25) is 0 Å². The number of rotatable bonds is 3. The summed E-state index contributed by atoms with van der Waals surface area (Å²) in [7, 11) is 0. The van der Waals surface area contributed by atoms with Crippen molar-refractivity contribution in [3.63, 3.8) is 0 Å². The Labute approximate surface area is 245 Å². The largest absolute Gasteiger partial charge is 0.0622 e. The second kappa shape index (κ2) is 9.03. The molecule has 0 atom stereocenters. The molecule has 194 valence electrons. The van der Waals surface area contributed by atoms with Gasteiger partial charge in [0.15, 0.2) is 0 Å². The van der Waals surface area contributed by atoms with Crippen LogP contribution in [0.15, 0.2) is 158 Å². The van der Waals surface area contributed by atoms with Crippen molar-refractivity contribution < 1.29 is 0 Å². The zero-order valence-corrected chi connectivity index (χ0v) is 23.0. The lowest BCUT2D eigenvalue weighted by molar-refractivity contribution is 1.54. The van der Waals surface area contributed by atoms with Crippen LogP contribution in [0.1, 0.15) is 33.4 Å². The van der Waals surface area contributed by atoms with Crippen LogP contribution in [0.5, 0.6) is 0 Å². The highest BCUT2D eigenvalue weighted by Gasteiger charge is 2.37. The average molecular weight is 531 g/mol. The molecule has 0 aliphatic heterocycles. The number of hydrogen-bond acceptors (Lipinski definition) is 0. The van der Waals surface area contributed by atoms with Crippen molar-refractivity contribution in [2.45, 2.75) is 0 Å². The van der Waals surface area contributed by atoms with Gasteiger partial charge in [-0.25, -0.2) is 0 Å². The molecular formula is C42H26. The van der Waals surface area contributed by atoms with Gasteiger partial charge in [-0.2, -0.15) is 0 Å². The standard InChI is InChI=1S/C42H26/c1-2-11-27(12-3-1)29-21-22-31-26-32(24-23-30(31)25-29)39-35-16-6-8-18-37(35)42-40(36-17-7-9-19-38(36)41(39)42)34-20-10-14-28-13-4-5-15-33(28)34/h1-26H. The summed E-state index contributed by atoms with van der Waals surface area (Å²) in [4.78, 5) is 0. The zero-order chi connectivity index (χ0) is 27.6. The van der Waals surface area contributed by atoms with E-state index in [4.69, 9.17) is 0 Å². The maximum absolute atomic E-state index is 2.38. The van der Waals surface area contributed by atoms with Crippen molar-refractivity contribution >= 4 is 43.8 Å². The molecule has 7 aromatic rings. The first-order chi connectivity index (χ1) is 20.8. The smallest absolute Gasteiger partial charge is 0.000741 e. The normalized spacial score (nSPS) is 13.5. The van der Waals surface area contributed by atoms with Gasteiger partial charge in [0.2, 0.25) is 0 Å². The Morgan fingerprint density at radius 1 is 0.238 bits per heavy atom. The van der Waals surface area contributed by atoms with Gasteiger partial charge in [-0.3, -0.25) is 0 Å². The van der Waals surface area contributed by atoms with E-state index >= 15 is 0 Å². The first-order valence-electron chi connectivity index (χ1n) is 14.6. The first kappa shape index (κ1) is 23.3. The lowest BCUT2D eigenvalue weighted by Crippen LogP contribution is -1.93. The molecule has 2 aliphatic carbocycles. The summed E-state index contributed by atoms with van der Waals surface area (Å²) in [6.07, 6.45) is 0. The first-order valence-corrected chi connectivity index (χ1v) is 14.6. The van der Waals surface area contributed by atoms with Gasteiger partial charge in [-0.05, 0) is 100 Å². The van der Waals surface area contributed by atoms with Crippen LogP contribution in [0.3, 0.4) is 0 Å². The van der Waals surface area contributed by atoms with Crippen LogP contribution in [0.25, 0.3) is 55.0 Å². The monoisotopic (exact) mass is 530 g/mol. The molecule has 0 amide bonds. The van der Waals surface area contributed by atoms with Gasteiger partial charge in [-0.1, -0.05) is 146 Å². The SMILES string of the molecule is c1ccc(-c2ccc3cc(C4=C5C(=C(c6cccc7ccccc67)c6ccccc65)c5ccccc54)ccc3c2)cc1. The van der Waals surface area contributed by atoms with Gasteiger partial charge in [-0.15, -0.1) is 0 Å². The summed E-state index contributed by atoms with van der Waals surface area (Å²) < 4.78 is 0. The summed E-state index contributed by atoms with van der Waals surface area (Å²) in [5, 5.41) is 5.09. The van der Waals surface area contributed by atoms with E-state index in [9.17, 15) is 0 Å². The van der Waals surface area contributed by atoms with Crippen LogP contribution in [-0.2, 0) is 0 Å². The summed E-state index contributed by atoms with van der Waals surface area (Å²) >= 11 is 0. The Hall–Kier alpha value is -5.46. The Kier molecular flexibility index (Phi) is 5.00. The van der Waals surface area contributed by atoms with Crippen molar-refractivity contribution in [2.24, 2.45) is 0 Å². The molecular weight excluding hydrogens is 504 g/mol. The van der Waals surface area contributed by atoms with E-state index in [-0.39, 0.29) is 0 Å².